The Bertz CT molecular complexity index is 1080. The lowest BCUT2D eigenvalue weighted by Crippen LogP contribution is -2.56. The number of fused-ring (bicyclic) bond motifs is 1. The van der Waals surface area contributed by atoms with E-state index in [0.29, 0.717) is 31.5 Å². The molecule has 1 saturated heterocycles. The van der Waals surface area contributed by atoms with E-state index in [4.69, 9.17) is 5.73 Å². The average molecular weight is 442 g/mol. The summed E-state index contributed by atoms with van der Waals surface area (Å²) in [5.74, 6) is -1.22. The van der Waals surface area contributed by atoms with E-state index in [-0.39, 0.29) is 23.5 Å². The van der Waals surface area contributed by atoms with Gasteiger partial charge in [0, 0.05) is 49.4 Å². The van der Waals surface area contributed by atoms with Gasteiger partial charge < -0.3 is 5.73 Å². The van der Waals surface area contributed by atoms with Gasteiger partial charge in [-0.2, -0.15) is 5.10 Å². The molecule has 2 unspecified atom stereocenters. The number of hydrogen-bond acceptors (Lipinski definition) is 4. The van der Waals surface area contributed by atoms with Crippen molar-refractivity contribution in [2.75, 3.05) is 13.1 Å². The smallest absolute Gasteiger partial charge is 0.128 e. The Morgan fingerprint density at radius 3 is 2.72 bits per heavy atom. The number of hydrogen-bond donors (Lipinski definition) is 2. The van der Waals surface area contributed by atoms with Gasteiger partial charge in [0.2, 0.25) is 0 Å². The van der Waals surface area contributed by atoms with Crippen LogP contribution in [0.15, 0.2) is 48.7 Å². The summed E-state index contributed by atoms with van der Waals surface area (Å²) < 4.78 is 43.0. The van der Waals surface area contributed by atoms with Crippen molar-refractivity contribution in [2.24, 2.45) is 5.73 Å². The molecule has 32 heavy (non-hydrogen) atoms. The van der Waals surface area contributed by atoms with Crippen molar-refractivity contribution in [2.45, 2.75) is 44.1 Å². The lowest BCUT2D eigenvalue weighted by atomic mass is 9.87. The number of nitrogens with zero attached hydrogens (tertiary/aromatic N) is 3. The van der Waals surface area contributed by atoms with Crippen LogP contribution in [0.2, 0.25) is 0 Å². The van der Waals surface area contributed by atoms with Gasteiger partial charge in [-0.1, -0.05) is 18.2 Å². The zero-order valence-corrected chi connectivity index (χ0v) is 17.6. The third kappa shape index (κ3) is 4.05. The Hall–Kier alpha value is -2.68. The number of rotatable bonds is 5. The van der Waals surface area contributed by atoms with Crippen molar-refractivity contribution in [3.63, 3.8) is 0 Å². The molecule has 0 spiro atoms. The summed E-state index contributed by atoms with van der Waals surface area (Å²) in [7, 11) is 0. The molecule has 0 aliphatic carbocycles. The second-order valence-corrected chi connectivity index (χ2v) is 8.78. The number of likely N-dealkylation sites (tertiary alicyclic amines) is 1. The Labute approximate surface area is 185 Å². The number of aromatic nitrogens is 2. The first-order chi connectivity index (χ1) is 15.5. The van der Waals surface area contributed by atoms with Crippen LogP contribution < -0.4 is 5.73 Å². The summed E-state index contributed by atoms with van der Waals surface area (Å²) in [5, 5.41) is 7.14. The van der Waals surface area contributed by atoms with E-state index in [1.807, 2.05) is 6.20 Å². The highest BCUT2D eigenvalue weighted by molar-refractivity contribution is 5.26. The summed E-state index contributed by atoms with van der Waals surface area (Å²) in [6.07, 6.45) is 2.97. The maximum Gasteiger partial charge on any atom is 0.128 e. The molecule has 2 aromatic carbocycles. The molecule has 5 nitrogen and oxygen atoms in total. The zero-order valence-electron chi connectivity index (χ0n) is 17.6. The van der Waals surface area contributed by atoms with Gasteiger partial charge in [0.25, 0.3) is 0 Å². The van der Waals surface area contributed by atoms with E-state index >= 15 is 0 Å². The van der Waals surface area contributed by atoms with E-state index in [0.717, 1.165) is 30.9 Å². The molecule has 1 aromatic heterocycles. The van der Waals surface area contributed by atoms with Gasteiger partial charge in [-0.3, -0.25) is 14.9 Å². The lowest BCUT2D eigenvalue weighted by molar-refractivity contribution is 0.0420. The fourth-order valence-electron chi connectivity index (χ4n) is 5.15. The largest absolute Gasteiger partial charge is 0.326 e. The molecule has 8 heteroatoms. The summed E-state index contributed by atoms with van der Waals surface area (Å²) in [5.41, 5.74) is 9.75. The highest BCUT2D eigenvalue weighted by atomic mass is 19.1. The molecule has 168 valence electrons. The molecule has 0 radical (unpaired) electrons. The van der Waals surface area contributed by atoms with Crippen LogP contribution in [0.5, 0.6) is 0 Å². The van der Waals surface area contributed by atoms with Gasteiger partial charge in [0.15, 0.2) is 0 Å². The SMILES string of the molecule is NC1C[C@@H](N2Cc3cn[nH]c3C2)CN(CCc2ccccc2F)C1c1cc(F)ccc1F. The van der Waals surface area contributed by atoms with Crippen molar-refractivity contribution in [1.82, 2.24) is 20.0 Å². The first-order valence-electron chi connectivity index (χ1n) is 10.9. The average Bonchev–Trinajstić information content (AvgIpc) is 3.37. The highest BCUT2D eigenvalue weighted by Gasteiger charge is 2.40. The first kappa shape index (κ1) is 21.2. The molecule has 3 heterocycles. The van der Waals surface area contributed by atoms with Crippen LogP contribution in [0.3, 0.4) is 0 Å². The van der Waals surface area contributed by atoms with Crippen molar-refractivity contribution >= 4 is 0 Å². The molecule has 3 aromatic rings. The summed E-state index contributed by atoms with van der Waals surface area (Å²) in [6.45, 7) is 2.67. The predicted octanol–water partition coefficient (Wildman–Crippen LogP) is 3.53. The van der Waals surface area contributed by atoms with Gasteiger partial charge in [-0.25, -0.2) is 13.2 Å². The van der Waals surface area contributed by atoms with Crippen molar-refractivity contribution < 1.29 is 13.2 Å². The normalized spacial score (nSPS) is 24.1. The fourth-order valence-corrected chi connectivity index (χ4v) is 5.15. The molecular weight excluding hydrogens is 415 g/mol. The summed E-state index contributed by atoms with van der Waals surface area (Å²) in [6, 6.07) is 9.46. The van der Waals surface area contributed by atoms with E-state index in [1.54, 1.807) is 18.2 Å². The van der Waals surface area contributed by atoms with Crippen LogP contribution in [0.25, 0.3) is 0 Å². The van der Waals surface area contributed by atoms with Gasteiger partial charge in [0.05, 0.1) is 17.9 Å². The monoisotopic (exact) mass is 441 g/mol. The number of nitrogens with two attached hydrogens (primary N) is 1. The summed E-state index contributed by atoms with van der Waals surface area (Å²) in [4.78, 5) is 4.44. The van der Waals surface area contributed by atoms with Crippen LogP contribution in [-0.2, 0) is 19.5 Å². The van der Waals surface area contributed by atoms with E-state index < -0.39 is 17.7 Å². The second-order valence-electron chi connectivity index (χ2n) is 8.78. The Balaban J connectivity index is 1.41. The van der Waals surface area contributed by atoms with Crippen LogP contribution in [0.4, 0.5) is 13.2 Å². The van der Waals surface area contributed by atoms with Gasteiger partial charge in [-0.05, 0) is 42.7 Å². The third-order valence-electron chi connectivity index (χ3n) is 6.75. The molecule has 0 amide bonds. The molecular formula is C24H26F3N5. The van der Waals surface area contributed by atoms with Crippen LogP contribution >= 0.6 is 0 Å². The first-order valence-corrected chi connectivity index (χ1v) is 10.9. The molecule has 1 fully saturated rings. The number of benzene rings is 2. The number of H-pyrrole nitrogens is 1. The molecule has 3 atom stereocenters. The second kappa shape index (κ2) is 8.69. The Morgan fingerprint density at radius 1 is 1.06 bits per heavy atom. The van der Waals surface area contributed by atoms with Gasteiger partial charge in [0.1, 0.15) is 17.5 Å². The Kier molecular flexibility index (Phi) is 5.75. The van der Waals surface area contributed by atoms with Crippen molar-refractivity contribution in [3.8, 4) is 0 Å². The van der Waals surface area contributed by atoms with Crippen molar-refractivity contribution in [3.05, 3.63) is 88.5 Å². The fraction of sp³-hybridized carbons (Fsp3) is 0.375. The maximum absolute atomic E-state index is 14.7. The molecule has 2 aliphatic rings. The van der Waals surface area contributed by atoms with Gasteiger partial charge >= 0.3 is 0 Å². The van der Waals surface area contributed by atoms with Crippen LogP contribution in [0, 0.1) is 17.5 Å². The Morgan fingerprint density at radius 2 is 1.91 bits per heavy atom. The number of nitrogens with one attached hydrogen (secondary N) is 1. The third-order valence-corrected chi connectivity index (χ3v) is 6.75. The van der Waals surface area contributed by atoms with E-state index in [1.165, 1.54) is 17.7 Å². The topological polar surface area (TPSA) is 61.2 Å². The molecule has 3 N–H and O–H groups in total. The molecule has 0 saturated carbocycles. The maximum atomic E-state index is 14.7. The molecule has 2 aliphatic heterocycles. The minimum absolute atomic E-state index is 0.152. The number of halogens is 3. The standard InChI is InChI=1S/C24H26F3N5/c25-17-5-6-21(27)19(9-17)24-22(28)10-18(32-12-16-11-29-30-23(16)14-32)13-31(24)8-7-15-3-1-2-4-20(15)26/h1-6,9,11,18,22,24H,7-8,10,12-14,28H2,(H,29,30)/t18-,22?,24?/m1/s1. The predicted molar refractivity (Wildman–Crippen MR) is 115 cm³/mol. The minimum atomic E-state index is -0.490. The minimum Gasteiger partial charge on any atom is -0.326 e. The van der Waals surface area contributed by atoms with Gasteiger partial charge in [-0.15, -0.1) is 0 Å². The number of piperidine rings is 1. The van der Waals surface area contributed by atoms with Crippen molar-refractivity contribution in [1.29, 1.82) is 0 Å². The van der Waals surface area contributed by atoms with E-state index in [2.05, 4.69) is 20.0 Å². The lowest BCUT2D eigenvalue weighted by Gasteiger charge is -2.46. The van der Waals surface area contributed by atoms with Crippen LogP contribution in [-0.4, -0.2) is 45.2 Å². The molecule has 0 bridgehead atoms. The zero-order chi connectivity index (χ0) is 22.2. The summed E-state index contributed by atoms with van der Waals surface area (Å²) >= 11 is 0. The molecule has 5 rings (SSSR count). The highest BCUT2D eigenvalue weighted by Crippen LogP contribution is 2.36. The quantitative estimate of drug-likeness (QED) is 0.636. The van der Waals surface area contributed by atoms with E-state index in [9.17, 15) is 13.2 Å². The number of aromatic amines is 1. The van der Waals surface area contributed by atoms with Crippen LogP contribution in [0.1, 0.15) is 34.8 Å².